The maximum absolute atomic E-state index is 11.1. The van der Waals surface area contributed by atoms with E-state index in [-0.39, 0.29) is 6.61 Å². The zero-order chi connectivity index (χ0) is 6.57. The highest BCUT2D eigenvalue weighted by Gasteiger charge is 2.06. The molecule has 0 bridgehead atoms. The van der Waals surface area contributed by atoms with Crippen molar-refractivity contribution >= 4 is 0 Å². The first-order valence-electron chi connectivity index (χ1n) is 2.21. The fourth-order valence-corrected chi connectivity index (χ4v) is 0.219. The quantitative estimate of drug-likeness (QED) is 0.600. The van der Waals surface area contributed by atoms with Crippen molar-refractivity contribution < 1.29 is 18.6 Å². The minimum Gasteiger partial charge on any atom is -0.394 e. The molecule has 0 fully saturated rings. The van der Waals surface area contributed by atoms with Crippen LogP contribution in [0.4, 0.5) is 8.78 Å². The van der Waals surface area contributed by atoms with Crippen molar-refractivity contribution in [1.82, 2.24) is 0 Å². The fourth-order valence-electron chi connectivity index (χ4n) is 0.219. The predicted octanol–water partition coefficient (Wildman–Crippen LogP) is 0.606. The summed E-state index contributed by atoms with van der Waals surface area (Å²) in [6.45, 7) is -1.78. The van der Waals surface area contributed by atoms with Crippen LogP contribution < -0.4 is 0 Å². The van der Waals surface area contributed by atoms with Gasteiger partial charge in [-0.2, -0.15) is 8.78 Å². The molecule has 0 amide bonds. The first-order chi connectivity index (χ1) is 3.66. The number of halogens is 2. The van der Waals surface area contributed by atoms with Gasteiger partial charge < -0.3 is 9.84 Å². The first-order valence-corrected chi connectivity index (χ1v) is 2.21. The van der Waals surface area contributed by atoms with Crippen molar-refractivity contribution in [3.8, 4) is 0 Å². The molecule has 0 aliphatic carbocycles. The fraction of sp³-hybridized carbons (Fsp3) is 1.00. The minimum atomic E-state index is -2.78. The molecule has 1 N–H and O–H groups in total. The van der Waals surface area contributed by atoms with Crippen LogP contribution in [0.25, 0.3) is 0 Å². The summed E-state index contributed by atoms with van der Waals surface area (Å²) in [5.41, 5.74) is 0. The van der Waals surface area contributed by atoms with Crippen molar-refractivity contribution in [3.05, 3.63) is 0 Å². The molecule has 8 heavy (non-hydrogen) atoms. The lowest BCUT2D eigenvalue weighted by Crippen LogP contribution is -2.15. The zero-order valence-corrected chi connectivity index (χ0v) is 4.47. The largest absolute Gasteiger partial charge is 0.394 e. The predicted molar refractivity (Wildman–Crippen MR) is 23.6 cm³/mol. The van der Waals surface area contributed by atoms with Crippen molar-refractivity contribution in [2.24, 2.45) is 0 Å². The van der Waals surface area contributed by atoms with Gasteiger partial charge in [-0.05, 0) is 6.92 Å². The highest BCUT2D eigenvalue weighted by Crippen LogP contribution is 1.98. The molecule has 0 aromatic rings. The van der Waals surface area contributed by atoms with Crippen molar-refractivity contribution in [2.45, 2.75) is 19.6 Å². The van der Waals surface area contributed by atoms with Crippen molar-refractivity contribution in [1.29, 1.82) is 0 Å². The number of hydrogen-bond acceptors (Lipinski definition) is 2. The molecular formula is C4H8F2O2. The average molecular weight is 126 g/mol. The Labute approximate surface area is 46.1 Å². The SMILES string of the molecule is CC(CO)OC(F)F. The van der Waals surface area contributed by atoms with Crippen LogP contribution in [-0.2, 0) is 4.74 Å². The molecule has 0 aliphatic heterocycles. The van der Waals surface area contributed by atoms with Gasteiger partial charge in [0.15, 0.2) is 0 Å². The Morgan fingerprint density at radius 1 is 1.62 bits per heavy atom. The molecule has 0 saturated carbocycles. The smallest absolute Gasteiger partial charge is 0.345 e. The topological polar surface area (TPSA) is 29.5 Å². The molecule has 0 aromatic heterocycles. The number of aliphatic hydroxyl groups is 1. The highest BCUT2D eigenvalue weighted by atomic mass is 19.3. The van der Waals surface area contributed by atoms with Gasteiger partial charge in [-0.25, -0.2) is 0 Å². The van der Waals surface area contributed by atoms with E-state index in [1.807, 2.05) is 0 Å². The molecule has 0 spiro atoms. The van der Waals surface area contributed by atoms with E-state index in [9.17, 15) is 8.78 Å². The van der Waals surface area contributed by atoms with Gasteiger partial charge in [0.25, 0.3) is 0 Å². The van der Waals surface area contributed by atoms with Gasteiger partial charge in [0, 0.05) is 0 Å². The third kappa shape index (κ3) is 3.95. The van der Waals surface area contributed by atoms with E-state index in [0.717, 1.165) is 0 Å². The van der Waals surface area contributed by atoms with Gasteiger partial charge >= 0.3 is 6.61 Å². The van der Waals surface area contributed by atoms with Crippen LogP contribution in [0.2, 0.25) is 0 Å². The normalized spacial score (nSPS) is 14.6. The molecule has 4 heteroatoms. The number of hydrogen-bond donors (Lipinski definition) is 1. The van der Waals surface area contributed by atoms with E-state index in [2.05, 4.69) is 4.74 Å². The molecule has 0 aromatic carbocycles. The number of rotatable bonds is 3. The summed E-state index contributed by atoms with van der Waals surface area (Å²) < 4.78 is 26.1. The molecule has 0 radical (unpaired) electrons. The minimum absolute atomic E-state index is 0.371. The van der Waals surface area contributed by atoms with Crippen LogP contribution in [-0.4, -0.2) is 24.4 Å². The second kappa shape index (κ2) is 3.74. The number of aliphatic hydroxyl groups excluding tert-OH is 1. The van der Waals surface area contributed by atoms with Crippen LogP contribution in [0, 0.1) is 0 Å². The molecule has 0 saturated heterocycles. The van der Waals surface area contributed by atoms with Gasteiger partial charge in [-0.1, -0.05) is 0 Å². The Morgan fingerprint density at radius 3 is 2.25 bits per heavy atom. The summed E-state index contributed by atoms with van der Waals surface area (Å²) in [5, 5.41) is 8.13. The van der Waals surface area contributed by atoms with Gasteiger partial charge in [0.1, 0.15) is 0 Å². The first kappa shape index (κ1) is 7.78. The lowest BCUT2D eigenvalue weighted by Gasteiger charge is -2.06. The lowest BCUT2D eigenvalue weighted by atomic mass is 10.4. The summed E-state index contributed by atoms with van der Waals surface area (Å²) in [4.78, 5) is 0. The monoisotopic (exact) mass is 126 g/mol. The van der Waals surface area contributed by atoms with E-state index in [1.54, 1.807) is 0 Å². The third-order valence-electron chi connectivity index (χ3n) is 0.592. The molecule has 0 heterocycles. The summed E-state index contributed by atoms with van der Waals surface area (Å²) in [6.07, 6.45) is -0.769. The molecule has 2 nitrogen and oxygen atoms in total. The number of ether oxygens (including phenoxy) is 1. The van der Waals surface area contributed by atoms with Crippen LogP contribution in [0.15, 0.2) is 0 Å². The second-order valence-electron chi connectivity index (χ2n) is 1.39. The summed E-state index contributed by atoms with van der Waals surface area (Å²) in [5.74, 6) is 0. The lowest BCUT2D eigenvalue weighted by molar-refractivity contribution is -0.166. The van der Waals surface area contributed by atoms with E-state index in [4.69, 9.17) is 5.11 Å². The molecule has 0 rings (SSSR count). The molecular weight excluding hydrogens is 118 g/mol. The highest BCUT2D eigenvalue weighted by molar-refractivity contribution is 4.41. The van der Waals surface area contributed by atoms with Crippen LogP contribution in [0.3, 0.4) is 0 Å². The summed E-state index contributed by atoms with van der Waals surface area (Å²) in [6, 6.07) is 0. The Kier molecular flexibility index (Phi) is 3.64. The van der Waals surface area contributed by atoms with E-state index in [1.165, 1.54) is 6.92 Å². The zero-order valence-electron chi connectivity index (χ0n) is 4.47. The maximum Gasteiger partial charge on any atom is 0.345 e. The van der Waals surface area contributed by atoms with Gasteiger partial charge in [-0.3, -0.25) is 0 Å². The van der Waals surface area contributed by atoms with E-state index >= 15 is 0 Å². The summed E-state index contributed by atoms with van der Waals surface area (Å²) >= 11 is 0. The van der Waals surface area contributed by atoms with E-state index in [0.29, 0.717) is 0 Å². The maximum atomic E-state index is 11.1. The Balaban J connectivity index is 3.10. The molecule has 0 aliphatic rings. The van der Waals surface area contributed by atoms with Gasteiger partial charge in [-0.15, -0.1) is 0 Å². The Hall–Kier alpha value is -0.220. The molecule has 1 unspecified atom stereocenters. The van der Waals surface area contributed by atoms with Crippen LogP contribution >= 0.6 is 0 Å². The van der Waals surface area contributed by atoms with Crippen LogP contribution in [0.1, 0.15) is 6.92 Å². The Morgan fingerprint density at radius 2 is 2.12 bits per heavy atom. The van der Waals surface area contributed by atoms with Gasteiger partial charge in [0.05, 0.1) is 12.7 Å². The van der Waals surface area contributed by atoms with Crippen molar-refractivity contribution in [2.75, 3.05) is 6.61 Å². The summed E-state index contributed by atoms with van der Waals surface area (Å²) in [7, 11) is 0. The number of alkyl halides is 2. The third-order valence-corrected chi connectivity index (χ3v) is 0.592. The average Bonchev–Trinajstić information content (AvgIpc) is 1.65. The standard InChI is InChI=1S/C4H8F2O2/c1-3(2-7)8-4(5)6/h3-4,7H,2H2,1H3. The van der Waals surface area contributed by atoms with Crippen molar-refractivity contribution in [3.63, 3.8) is 0 Å². The Bertz CT molecular complexity index is 58.0. The van der Waals surface area contributed by atoms with Gasteiger partial charge in [0.2, 0.25) is 0 Å². The molecule has 50 valence electrons. The van der Waals surface area contributed by atoms with E-state index < -0.39 is 12.7 Å². The molecule has 1 atom stereocenters. The second-order valence-corrected chi connectivity index (χ2v) is 1.39. The van der Waals surface area contributed by atoms with Crippen LogP contribution in [0.5, 0.6) is 0 Å².